The number of aromatic nitrogens is 2. The molecule has 3 aliphatic rings. The molecule has 0 amide bonds. The number of aryl methyl sites for hydroxylation is 1. The molecule has 1 N–H and O–H groups in total. The number of carbonyl (C=O) groups is 1. The minimum Gasteiger partial charge on any atom is -0.477 e. The third-order valence-electron chi connectivity index (χ3n) is 6.43. The van der Waals surface area contributed by atoms with Crippen LogP contribution in [0.5, 0.6) is 0 Å². The van der Waals surface area contributed by atoms with Gasteiger partial charge in [-0.05, 0) is 55.9 Å². The summed E-state index contributed by atoms with van der Waals surface area (Å²) >= 11 is 0. The monoisotopic (exact) mass is 387 g/mol. The number of anilines is 1. The SMILES string of the molecule is N#Cc1ccc(N2N=C3c4ccc(C(=O)O)nc4CCC3C2C2CCCC2)cn1. The first-order valence-corrected chi connectivity index (χ1v) is 10.1. The smallest absolute Gasteiger partial charge is 0.354 e. The van der Waals surface area contributed by atoms with Crippen molar-refractivity contribution in [3.8, 4) is 6.07 Å². The fourth-order valence-corrected chi connectivity index (χ4v) is 5.13. The first kappa shape index (κ1) is 17.8. The van der Waals surface area contributed by atoms with Crippen LogP contribution in [0.3, 0.4) is 0 Å². The quantitative estimate of drug-likeness (QED) is 0.866. The predicted octanol–water partition coefficient (Wildman–Crippen LogP) is 3.39. The number of rotatable bonds is 3. The van der Waals surface area contributed by atoms with E-state index in [9.17, 15) is 9.90 Å². The summed E-state index contributed by atoms with van der Waals surface area (Å²) in [5, 5.41) is 25.4. The molecule has 7 nitrogen and oxygen atoms in total. The van der Waals surface area contributed by atoms with Crippen molar-refractivity contribution >= 4 is 17.4 Å². The van der Waals surface area contributed by atoms with Crippen molar-refractivity contribution < 1.29 is 9.90 Å². The molecule has 2 atom stereocenters. The highest BCUT2D eigenvalue weighted by molar-refractivity contribution is 6.07. The van der Waals surface area contributed by atoms with Crippen LogP contribution < -0.4 is 5.01 Å². The molecule has 29 heavy (non-hydrogen) atoms. The Hall–Kier alpha value is -3.27. The van der Waals surface area contributed by atoms with E-state index in [-0.39, 0.29) is 11.7 Å². The summed E-state index contributed by atoms with van der Waals surface area (Å²) in [5.41, 5.74) is 4.19. The van der Waals surface area contributed by atoms with E-state index in [2.05, 4.69) is 21.0 Å². The first-order valence-electron chi connectivity index (χ1n) is 10.1. The van der Waals surface area contributed by atoms with Gasteiger partial charge in [0.25, 0.3) is 0 Å². The molecule has 1 aliphatic heterocycles. The largest absolute Gasteiger partial charge is 0.477 e. The Morgan fingerprint density at radius 1 is 1.17 bits per heavy atom. The van der Waals surface area contributed by atoms with E-state index < -0.39 is 5.97 Å². The number of carboxylic acid groups (broad SMARTS) is 1. The highest BCUT2D eigenvalue weighted by Gasteiger charge is 2.45. The topological polar surface area (TPSA) is 102 Å². The van der Waals surface area contributed by atoms with Crippen LogP contribution in [0.2, 0.25) is 0 Å². The average molecular weight is 387 g/mol. The molecule has 1 saturated carbocycles. The molecule has 7 heteroatoms. The van der Waals surface area contributed by atoms with Crippen LogP contribution in [0, 0.1) is 23.2 Å². The second-order valence-corrected chi connectivity index (χ2v) is 8.02. The summed E-state index contributed by atoms with van der Waals surface area (Å²) < 4.78 is 0. The van der Waals surface area contributed by atoms with Crippen LogP contribution in [0.4, 0.5) is 5.69 Å². The molecule has 0 bridgehead atoms. The van der Waals surface area contributed by atoms with Crippen molar-refractivity contribution in [1.82, 2.24) is 9.97 Å². The Balaban J connectivity index is 1.57. The zero-order valence-electron chi connectivity index (χ0n) is 16.0. The number of fused-ring (bicyclic) bond motifs is 3. The lowest BCUT2D eigenvalue weighted by Gasteiger charge is -2.34. The Kier molecular flexibility index (Phi) is 4.27. The van der Waals surface area contributed by atoms with Crippen molar-refractivity contribution in [1.29, 1.82) is 5.26 Å². The minimum atomic E-state index is -1.00. The average Bonchev–Trinajstić information content (AvgIpc) is 3.40. The lowest BCUT2D eigenvalue weighted by atomic mass is 9.76. The van der Waals surface area contributed by atoms with Gasteiger partial charge in [-0.25, -0.2) is 14.8 Å². The van der Waals surface area contributed by atoms with Crippen LogP contribution in [0.25, 0.3) is 0 Å². The number of pyridine rings is 2. The van der Waals surface area contributed by atoms with Gasteiger partial charge in [-0.15, -0.1) is 0 Å². The molecule has 2 aliphatic carbocycles. The van der Waals surface area contributed by atoms with Gasteiger partial charge >= 0.3 is 5.97 Å². The molecule has 0 radical (unpaired) electrons. The van der Waals surface area contributed by atoms with Crippen LogP contribution in [-0.4, -0.2) is 32.8 Å². The normalized spacial score (nSPS) is 23.3. The molecule has 3 heterocycles. The highest BCUT2D eigenvalue weighted by atomic mass is 16.4. The van der Waals surface area contributed by atoms with E-state index in [1.54, 1.807) is 18.3 Å². The molecule has 2 unspecified atom stereocenters. The minimum absolute atomic E-state index is 0.0845. The number of carboxylic acids is 1. The summed E-state index contributed by atoms with van der Waals surface area (Å²) in [6.07, 6.45) is 8.33. The zero-order valence-corrected chi connectivity index (χ0v) is 16.0. The summed E-state index contributed by atoms with van der Waals surface area (Å²) in [6, 6.07) is 9.43. The fourth-order valence-electron chi connectivity index (χ4n) is 5.13. The van der Waals surface area contributed by atoms with Gasteiger partial charge < -0.3 is 5.11 Å². The Morgan fingerprint density at radius 3 is 2.69 bits per heavy atom. The van der Waals surface area contributed by atoms with E-state index >= 15 is 0 Å². The van der Waals surface area contributed by atoms with E-state index in [4.69, 9.17) is 10.4 Å². The first-order chi connectivity index (χ1) is 14.2. The van der Waals surface area contributed by atoms with Crippen molar-refractivity contribution in [2.75, 3.05) is 5.01 Å². The molecule has 0 saturated heterocycles. The van der Waals surface area contributed by atoms with E-state index in [1.165, 1.54) is 25.7 Å². The van der Waals surface area contributed by atoms with Gasteiger partial charge in [0.1, 0.15) is 17.5 Å². The van der Waals surface area contributed by atoms with Gasteiger partial charge in [0.15, 0.2) is 0 Å². The van der Waals surface area contributed by atoms with Crippen LogP contribution in [0.15, 0.2) is 35.6 Å². The molecular weight excluding hydrogens is 366 g/mol. The summed E-state index contributed by atoms with van der Waals surface area (Å²) in [5.74, 6) is -0.124. The van der Waals surface area contributed by atoms with E-state index in [0.717, 1.165) is 35.5 Å². The summed E-state index contributed by atoms with van der Waals surface area (Å²) in [6.45, 7) is 0. The molecular formula is C22H21N5O2. The maximum atomic E-state index is 11.3. The number of nitriles is 1. The van der Waals surface area contributed by atoms with Gasteiger partial charge in [-0.1, -0.05) is 12.8 Å². The second kappa shape index (κ2) is 6.96. The number of hydrogen-bond acceptors (Lipinski definition) is 6. The van der Waals surface area contributed by atoms with Crippen molar-refractivity contribution in [2.24, 2.45) is 16.9 Å². The lowest BCUT2D eigenvalue weighted by Crippen LogP contribution is -2.40. The third-order valence-corrected chi connectivity index (χ3v) is 6.43. The van der Waals surface area contributed by atoms with Gasteiger partial charge in [0, 0.05) is 11.5 Å². The number of aromatic carboxylic acids is 1. The Morgan fingerprint density at radius 2 is 2.00 bits per heavy atom. The van der Waals surface area contributed by atoms with Crippen LogP contribution in [-0.2, 0) is 6.42 Å². The van der Waals surface area contributed by atoms with Crippen LogP contribution in [0.1, 0.15) is 59.5 Å². The van der Waals surface area contributed by atoms with Crippen molar-refractivity contribution in [2.45, 2.75) is 44.6 Å². The third kappa shape index (κ3) is 2.96. The number of hydrogen-bond donors (Lipinski definition) is 1. The fraction of sp³-hybridized carbons (Fsp3) is 0.409. The lowest BCUT2D eigenvalue weighted by molar-refractivity contribution is 0.0690. The van der Waals surface area contributed by atoms with Gasteiger partial charge in [-0.3, -0.25) is 5.01 Å². The van der Waals surface area contributed by atoms with Crippen molar-refractivity contribution in [3.63, 3.8) is 0 Å². The Bertz CT molecular complexity index is 1030. The maximum absolute atomic E-state index is 11.3. The zero-order chi connectivity index (χ0) is 20.0. The van der Waals surface area contributed by atoms with Gasteiger partial charge in [0.05, 0.1) is 29.3 Å². The molecule has 1 fully saturated rings. The predicted molar refractivity (Wildman–Crippen MR) is 107 cm³/mol. The molecule has 2 aromatic rings. The summed E-state index contributed by atoms with van der Waals surface area (Å²) in [4.78, 5) is 19.9. The van der Waals surface area contributed by atoms with Gasteiger partial charge in [0.2, 0.25) is 0 Å². The Labute approximate surface area is 168 Å². The van der Waals surface area contributed by atoms with Crippen molar-refractivity contribution in [3.05, 3.63) is 53.1 Å². The molecule has 146 valence electrons. The molecule has 5 rings (SSSR count). The molecule has 2 aromatic heterocycles. The van der Waals surface area contributed by atoms with Crippen LogP contribution >= 0.6 is 0 Å². The second-order valence-electron chi connectivity index (χ2n) is 8.02. The number of nitrogens with zero attached hydrogens (tertiary/aromatic N) is 5. The molecule has 0 aromatic carbocycles. The van der Waals surface area contributed by atoms with Gasteiger partial charge in [-0.2, -0.15) is 10.4 Å². The maximum Gasteiger partial charge on any atom is 0.354 e. The van der Waals surface area contributed by atoms with E-state index in [0.29, 0.717) is 17.5 Å². The highest BCUT2D eigenvalue weighted by Crippen LogP contribution is 2.44. The van der Waals surface area contributed by atoms with E-state index in [1.807, 2.05) is 12.1 Å². The summed E-state index contributed by atoms with van der Waals surface area (Å²) in [7, 11) is 0. The standard InChI is InChI=1S/C22H21N5O2/c23-11-14-5-6-15(12-24-14)27-21(13-3-1-2-4-13)17-8-9-18-16(20(17)26-27)7-10-19(25-18)22(28)29/h5-7,10,12-13,17,21H,1-4,8-9H2,(H,28,29). The number of hydrazone groups is 1. The molecule has 0 spiro atoms.